The van der Waals surface area contributed by atoms with E-state index in [4.69, 9.17) is 5.10 Å². The third-order valence-electron chi connectivity index (χ3n) is 5.92. The second kappa shape index (κ2) is 8.60. The number of rotatable bonds is 5. The molecule has 4 aromatic rings. The van der Waals surface area contributed by atoms with Crippen molar-refractivity contribution in [1.82, 2.24) is 24.2 Å². The molecular weight excluding hydrogens is 386 g/mol. The van der Waals surface area contributed by atoms with Crippen molar-refractivity contribution >= 4 is 5.91 Å². The molecule has 31 heavy (non-hydrogen) atoms. The molecule has 0 N–H and O–H groups in total. The molecule has 1 saturated heterocycles. The lowest BCUT2D eigenvalue weighted by atomic mass is 10.0. The van der Waals surface area contributed by atoms with Crippen LogP contribution in [0.2, 0.25) is 0 Å². The summed E-state index contributed by atoms with van der Waals surface area (Å²) < 4.78 is 4.03. The monoisotopic (exact) mass is 411 g/mol. The zero-order chi connectivity index (χ0) is 21.0. The van der Waals surface area contributed by atoms with Gasteiger partial charge in [0.1, 0.15) is 5.69 Å². The number of imidazole rings is 1. The molecule has 6 heteroatoms. The minimum Gasteiger partial charge on any atom is -0.338 e. The maximum atomic E-state index is 13.5. The van der Waals surface area contributed by atoms with Crippen molar-refractivity contribution in [2.75, 3.05) is 13.1 Å². The lowest BCUT2D eigenvalue weighted by Crippen LogP contribution is -2.39. The Bertz CT molecular complexity index is 1130. The zero-order valence-electron chi connectivity index (χ0n) is 17.3. The highest BCUT2D eigenvalue weighted by Crippen LogP contribution is 2.27. The number of benzene rings is 2. The van der Waals surface area contributed by atoms with Gasteiger partial charge in [0.15, 0.2) is 0 Å². The molecule has 2 aromatic heterocycles. The SMILES string of the molecule is O=C(c1cn(Cc2ccccc2)nc1-c1ccccc1)N1CCC(n2ccnc2)CC1. The van der Waals surface area contributed by atoms with E-state index in [1.165, 1.54) is 0 Å². The van der Waals surface area contributed by atoms with E-state index in [1.807, 2.05) is 83.0 Å². The molecule has 2 aromatic carbocycles. The van der Waals surface area contributed by atoms with E-state index in [9.17, 15) is 4.79 Å². The van der Waals surface area contributed by atoms with Crippen LogP contribution < -0.4 is 0 Å². The van der Waals surface area contributed by atoms with Crippen molar-refractivity contribution in [1.29, 1.82) is 0 Å². The van der Waals surface area contributed by atoms with E-state index >= 15 is 0 Å². The van der Waals surface area contributed by atoms with Crippen LogP contribution in [-0.4, -0.2) is 43.2 Å². The lowest BCUT2D eigenvalue weighted by molar-refractivity contribution is 0.0695. The Morgan fingerprint density at radius 2 is 1.68 bits per heavy atom. The first kappa shape index (κ1) is 19.3. The van der Waals surface area contributed by atoms with Gasteiger partial charge in [0, 0.05) is 43.3 Å². The van der Waals surface area contributed by atoms with Gasteiger partial charge in [-0.15, -0.1) is 0 Å². The van der Waals surface area contributed by atoms with Crippen molar-refractivity contribution in [2.45, 2.75) is 25.4 Å². The summed E-state index contributed by atoms with van der Waals surface area (Å²) in [6.07, 6.45) is 9.44. The van der Waals surface area contributed by atoms with Crippen LogP contribution in [-0.2, 0) is 6.54 Å². The van der Waals surface area contributed by atoms with Gasteiger partial charge in [-0.3, -0.25) is 9.48 Å². The molecule has 156 valence electrons. The molecule has 5 rings (SSSR count). The molecule has 0 bridgehead atoms. The first-order valence-corrected chi connectivity index (χ1v) is 10.7. The fraction of sp³-hybridized carbons (Fsp3) is 0.240. The van der Waals surface area contributed by atoms with Gasteiger partial charge in [-0.25, -0.2) is 4.98 Å². The second-order valence-corrected chi connectivity index (χ2v) is 7.97. The third kappa shape index (κ3) is 4.14. The number of aromatic nitrogens is 4. The average Bonchev–Trinajstić information content (AvgIpc) is 3.51. The van der Waals surface area contributed by atoms with Gasteiger partial charge >= 0.3 is 0 Å². The summed E-state index contributed by atoms with van der Waals surface area (Å²) in [6, 6.07) is 20.6. The van der Waals surface area contributed by atoms with Crippen LogP contribution in [0, 0.1) is 0 Å². The van der Waals surface area contributed by atoms with Gasteiger partial charge in [-0.1, -0.05) is 60.7 Å². The number of nitrogens with zero attached hydrogens (tertiary/aromatic N) is 5. The van der Waals surface area contributed by atoms with Crippen molar-refractivity contribution in [2.24, 2.45) is 0 Å². The predicted octanol–water partition coefficient (Wildman–Crippen LogP) is 4.27. The molecule has 1 aliphatic heterocycles. The lowest BCUT2D eigenvalue weighted by Gasteiger charge is -2.32. The zero-order valence-corrected chi connectivity index (χ0v) is 17.3. The van der Waals surface area contributed by atoms with Gasteiger partial charge in [-0.05, 0) is 18.4 Å². The van der Waals surface area contributed by atoms with E-state index in [1.54, 1.807) is 0 Å². The van der Waals surface area contributed by atoms with Crippen LogP contribution in [0.5, 0.6) is 0 Å². The third-order valence-corrected chi connectivity index (χ3v) is 5.92. The highest BCUT2D eigenvalue weighted by Gasteiger charge is 2.27. The number of hydrogen-bond donors (Lipinski definition) is 0. The molecule has 1 amide bonds. The average molecular weight is 412 g/mol. The summed E-state index contributed by atoms with van der Waals surface area (Å²) in [5.41, 5.74) is 3.54. The van der Waals surface area contributed by atoms with Gasteiger partial charge in [0.2, 0.25) is 0 Å². The molecule has 0 atom stereocenters. The van der Waals surface area contributed by atoms with Crippen molar-refractivity contribution in [3.63, 3.8) is 0 Å². The Labute approximate surface area is 181 Å². The Morgan fingerprint density at radius 3 is 2.35 bits per heavy atom. The van der Waals surface area contributed by atoms with Gasteiger partial charge < -0.3 is 9.47 Å². The molecule has 6 nitrogen and oxygen atoms in total. The van der Waals surface area contributed by atoms with Crippen LogP contribution in [0.3, 0.4) is 0 Å². The van der Waals surface area contributed by atoms with Crippen molar-refractivity contribution in [3.05, 3.63) is 96.7 Å². The molecule has 0 unspecified atom stereocenters. The quantitative estimate of drug-likeness (QED) is 0.493. The minimum absolute atomic E-state index is 0.0576. The van der Waals surface area contributed by atoms with Crippen molar-refractivity contribution < 1.29 is 4.79 Å². The Kier molecular flexibility index (Phi) is 5.35. The topological polar surface area (TPSA) is 56.0 Å². The first-order valence-electron chi connectivity index (χ1n) is 10.7. The number of likely N-dealkylation sites (tertiary alicyclic amines) is 1. The van der Waals surface area contributed by atoms with Crippen LogP contribution in [0.25, 0.3) is 11.3 Å². The minimum atomic E-state index is 0.0576. The fourth-order valence-corrected chi connectivity index (χ4v) is 4.26. The molecule has 0 saturated carbocycles. The van der Waals surface area contributed by atoms with E-state index in [-0.39, 0.29) is 5.91 Å². The molecular formula is C25H25N5O. The number of hydrogen-bond acceptors (Lipinski definition) is 3. The highest BCUT2D eigenvalue weighted by molar-refractivity contribution is 5.99. The van der Waals surface area contributed by atoms with Crippen molar-refractivity contribution in [3.8, 4) is 11.3 Å². The number of carbonyl (C=O) groups is 1. The predicted molar refractivity (Wildman–Crippen MR) is 120 cm³/mol. The number of amides is 1. The van der Waals surface area contributed by atoms with E-state index in [0.29, 0.717) is 18.2 Å². The summed E-state index contributed by atoms with van der Waals surface area (Å²) in [6.45, 7) is 2.11. The van der Waals surface area contributed by atoms with Gasteiger partial charge in [0.25, 0.3) is 5.91 Å². The Morgan fingerprint density at radius 1 is 0.968 bits per heavy atom. The Balaban J connectivity index is 1.40. The van der Waals surface area contributed by atoms with Crippen LogP contribution in [0.15, 0.2) is 85.6 Å². The summed E-state index contributed by atoms with van der Waals surface area (Å²) in [7, 11) is 0. The summed E-state index contributed by atoms with van der Waals surface area (Å²) in [5, 5.41) is 4.80. The van der Waals surface area contributed by atoms with E-state index in [2.05, 4.69) is 21.7 Å². The van der Waals surface area contributed by atoms with Crippen LogP contribution in [0.4, 0.5) is 0 Å². The summed E-state index contributed by atoms with van der Waals surface area (Å²) in [5.74, 6) is 0.0576. The number of carbonyl (C=O) groups excluding carboxylic acids is 1. The largest absolute Gasteiger partial charge is 0.338 e. The molecule has 3 heterocycles. The van der Waals surface area contributed by atoms with Crippen LogP contribution >= 0.6 is 0 Å². The van der Waals surface area contributed by atoms with Gasteiger partial charge in [0.05, 0.1) is 18.4 Å². The standard InChI is InChI=1S/C25H25N5O/c31-25(28-14-11-22(12-15-28)29-16-13-26-19-29)23-18-30(17-20-7-3-1-4-8-20)27-24(23)21-9-5-2-6-10-21/h1-10,13,16,18-19,22H,11-12,14-15,17H2. The summed E-state index contributed by atoms with van der Waals surface area (Å²) in [4.78, 5) is 19.6. The second-order valence-electron chi connectivity index (χ2n) is 7.97. The highest BCUT2D eigenvalue weighted by atomic mass is 16.2. The molecule has 0 radical (unpaired) electrons. The molecule has 0 aliphatic carbocycles. The molecule has 0 spiro atoms. The van der Waals surface area contributed by atoms with E-state index < -0.39 is 0 Å². The van der Waals surface area contributed by atoms with Gasteiger partial charge in [-0.2, -0.15) is 5.10 Å². The maximum absolute atomic E-state index is 13.5. The maximum Gasteiger partial charge on any atom is 0.257 e. The molecule has 1 fully saturated rings. The molecule has 1 aliphatic rings. The normalized spacial score (nSPS) is 14.6. The summed E-state index contributed by atoms with van der Waals surface area (Å²) >= 11 is 0. The smallest absolute Gasteiger partial charge is 0.257 e. The Hall–Kier alpha value is -3.67. The number of piperidine rings is 1. The fourth-order valence-electron chi connectivity index (χ4n) is 4.26. The van der Waals surface area contributed by atoms with Crippen LogP contribution in [0.1, 0.15) is 34.8 Å². The van der Waals surface area contributed by atoms with E-state index in [0.717, 1.165) is 42.8 Å². The first-order chi connectivity index (χ1) is 15.3.